The summed E-state index contributed by atoms with van der Waals surface area (Å²) in [4.78, 5) is 17.2. The number of nitriles is 2. The van der Waals surface area contributed by atoms with Crippen LogP contribution in [0.5, 0.6) is 5.75 Å². The van der Waals surface area contributed by atoms with Gasteiger partial charge in [0.1, 0.15) is 12.4 Å². The molecule has 1 amide bonds. The number of nitrogens with zero attached hydrogens (tertiary/aromatic N) is 4. The number of amides is 1. The van der Waals surface area contributed by atoms with E-state index in [1.54, 1.807) is 41.3 Å². The summed E-state index contributed by atoms with van der Waals surface area (Å²) in [5, 5.41) is 18.4. The molecule has 0 unspecified atom stereocenters. The van der Waals surface area contributed by atoms with Crippen LogP contribution in [0.25, 0.3) is 0 Å². The van der Waals surface area contributed by atoms with Crippen LogP contribution in [0, 0.1) is 22.7 Å². The molecule has 0 heterocycles. The van der Waals surface area contributed by atoms with Crippen molar-refractivity contribution in [3.05, 3.63) is 101 Å². The Morgan fingerprint density at radius 3 is 2.45 bits per heavy atom. The fraction of sp³-hybridized carbons (Fsp3) is 0.222. The SMILES string of the molecule is CN(C)CCN(Cc1cccc(C#N)c1)C(=O)c1cccc(OCc2ccccc2C#N)c1. The van der Waals surface area contributed by atoms with Gasteiger partial charge in [0.2, 0.25) is 0 Å². The molecule has 166 valence electrons. The molecule has 33 heavy (non-hydrogen) atoms. The van der Waals surface area contributed by atoms with Crippen LogP contribution in [-0.4, -0.2) is 42.9 Å². The Kier molecular flexibility index (Phi) is 8.18. The van der Waals surface area contributed by atoms with E-state index in [0.717, 1.165) is 11.1 Å². The summed E-state index contributed by atoms with van der Waals surface area (Å²) in [5.41, 5.74) is 3.36. The van der Waals surface area contributed by atoms with Crippen molar-refractivity contribution >= 4 is 5.91 Å². The summed E-state index contributed by atoms with van der Waals surface area (Å²) >= 11 is 0. The van der Waals surface area contributed by atoms with Crippen LogP contribution in [-0.2, 0) is 13.2 Å². The topological polar surface area (TPSA) is 80.4 Å². The molecule has 0 saturated carbocycles. The van der Waals surface area contributed by atoms with Crippen LogP contribution in [0.4, 0.5) is 0 Å². The van der Waals surface area contributed by atoms with Gasteiger partial charge in [0.15, 0.2) is 0 Å². The Labute approximate surface area is 194 Å². The van der Waals surface area contributed by atoms with Gasteiger partial charge in [-0.1, -0.05) is 36.4 Å². The van der Waals surface area contributed by atoms with E-state index >= 15 is 0 Å². The Balaban J connectivity index is 1.77. The van der Waals surface area contributed by atoms with Crippen LogP contribution in [0.15, 0.2) is 72.8 Å². The van der Waals surface area contributed by atoms with Crippen molar-refractivity contribution < 1.29 is 9.53 Å². The van der Waals surface area contributed by atoms with Crippen LogP contribution < -0.4 is 4.74 Å². The van der Waals surface area contributed by atoms with Gasteiger partial charge in [-0.3, -0.25) is 4.79 Å². The van der Waals surface area contributed by atoms with Gasteiger partial charge in [-0.15, -0.1) is 0 Å². The predicted molar refractivity (Wildman–Crippen MR) is 126 cm³/mol. The maximum Gasteiger partial charge on any atom is 0.254 e. The van der Waals surface area contributed by atoms with E-state index in [9.17, 15) is 15.3 Å². The summed E-state index contributed by atoms with van der Waals surface area (Å²) in [6, 6.07) is 26.0. The molecule has 0 radical (unpaired) electrons. The highest BCUT2D eigenvalue weighted by Crippen LogP contribution is 2.19. The van der Waals surface area contributed by atoms with E-state index in [-0.39, 0.29) is 12.5 Å². The van der Waals surface area contributed by atoms with Crippen molar-refractivity contribution in [2.45, 2.75) is 13.2 Å². The van der Waals surface area contributed by atoms with Gasteiger partial charge in [-0.25, -0.2) is 0 Å². The van der Waals surface area contributed by atoms with Crippen LogP contribution in [0.1, 0.15) is 32.6 Å². The zero-order valence-electron chi connectivity index (χ0n) is 18.9. The molecule has 0 aromatic heterocycles. The third-order valence-corrected chi connectivity index (χ3v) is 5.15. The van der Waals surface area contributed by atoms with Gasteiger partial charge >= 0.3 is 0 Å². The molecule has 3 rings (SSSR count). The molecular formula is C27H26N4O2. The molecule has 0 N–H and O–H groups in total. The summed E-state index contributed by atoms with van der Waals surface area (Å²) in [7, 11) is 3.93. The number of hydrogen-bond acceptors (Lipinski definition) is 5. The second kappa shape index (κ2) is 11.5. The van der Waals surface area contributed by atoms with Crippen molar-refractivity contribution in [2.24, 2.45) is 0 Å². The molecule has 0 aliphatic heterocycles. The highest BCUT2D eigenvalue weighted by molar-refractivity contribution is 5.94. The number of hydrogen-bond donors (Lipinski definition) is 0. The summed E-state index contributed by atoms with van der Waals surface area (Å²) in [5.74, 6) is 0.453. The number of carbonyl (C=O) groups is 1. The first kappa shape index (κ1) is 23.5. The van der Waals surface area contributed by atoms with E-state index in [2.05, 4.69) is 12.1 Å². The van der Waals surface area contributed by atoms with Gasteiger partial charge in [0, 0.05) is 30.8 Å². The summed E-state index contributed by atoms with van der Waals surface area (Å²) in [6.07, 6.45) is 0. The Morgan fingerprint density at radius 2 is 1.70 bits per heavy atom. The average Bonchev–Trinajstić information content (AvgIpc) is 2.85. The van der Waals surface area contributed by atoms with E-state index in [0.29, 0.717) is 42.1 Å². The fourth-order valence-electron chi connectivity index (χ4n) is 3.35. The van der Waals surface area contributed by atoms with Crippen molar-refractivity contribution in [1.82, 2.24) is 9.80 Å². The molecule has 0 fully saturated rings. The molecule has 6 heteroatoms. The molecule has 6 nitrogen and oxygen atoms in total. The lowest BCUT2D eigenvalue weighted by atomic mass is 10.1. The standard InChI is InChI=1S/C27H26N4O2/c1-30(2)13-14-31(19-22-8-5-7-21(15-22)17-28)27(32)23-11-6-12-26(16-23)33-20-25-10-4-3-9-24(25)18-29/h3-12,15-16H,13-14,19-20H2,1-2H3. The molecule has 0 spiro atoms. The monoisotopic (exact) mass is 438 g/mol. The fourth-order valence-corrected chi connectivity index (χ4v) is 3.35. The molecule has 3 aromatic carbocycles. The lowest BCUT2D eigenvalue weighted by Crippen LogP contribution is -2.36. The molecule has 0 aliphatic carbocycles. The zero-order valence-corrected chi connectivity index (χ0v) is 18.9. The second-order valence-corrected chi connectivity index (χ2v) is 7.93. The van der Waals surface area contributed by atoms with Crippen molar-refractivity contribution in [3.63, 3.8) is 0 Å². The largest absolute Gasteiger partial charge is 0.489 e. The molecule has 0 saturated heterocycles. The number of ether oxygens (including phenoxy) is 1. The molecule has 3 aromatic rings. The van der Waals surface area contributed by atoms with Gasteiger partial charge in [-0.05, 0) is 56.1 Å². The van der Waals surface area contributed by atoms with Crippen LogP contribution in [0.3, 0.4) is 0 Å². The van der Waals surface area contributed by atoms with Crippen molar-refractivity contribution in [1.29, 1.82) is 10.5 Å². The van der Waals surface area contributed by atoms with Gasteiger partial charge < -0.3 is 14.5 Å². The average molecular weight is 439 g/mol. The van der Waals surface area contributed by atoms with Crippen molar-refractivity contribution in [2.75, 3.05) is 27.2 Å². The number of likely N-dealkylation sites (N-methyl/N-ethyl adjacent to an activating group) is 1. The Bertz CT molecular complexity index is 1190. The lowest BCUT2D eigenvalue weighted by Gasteiger charge is -2.25. The first-order valence-corrected chi connectivity index (χ1v) is 10.6. The van der Waals surface area contributed by atoms with Gasteiger partial charge in [0.05, 0.1) is 23.3 Å². The number of benzene rings is 3. The molecule has 0 bridgehead atoms. The first-order valence-electron chi connectivity index (χ1n) is 10.6. The number of rotatable bonds is 9. The number of carbonyl (C=O) groups excluding carboxylic acids is 1. The van der Waals surface area contributed by atoms with Crippen LogP contribution >= 0.6 is 0 Å². The lowest BCUT2D eigenvalue weighted by molar-refractivity contribution is 0.0731. The van der Waals surface area contributed by atoms with E-state index < -0.39 is 0 Å². The third-order valence-electron chi connectivity index (χ3n) is 5.15. The smallest absolute Gasteiger partial charge is 0.254 e. The van der Waals surface area contributed by atoms with Gasteiger partial charge in [0.25, 0.3) is 5.91 Å². The van der Waals surface area contributed by atoms with E-state index in [1.165, 1.54) is 0 Å². The molecule has 0 aliphatic rings. The Morgan fingerprint density at radius 1 is 0.909 bits per heavy atom. The minimum atomic E-state index is -0.109. The normalized spacial score (nSPS) is 10.3. The van der Waals surface area contributed by atoms with E-state index in [1.807, 2.05) is 55.4 Å². The maximum atomic E-state index is 13.4. The minimum Gasteiger partial charge on any atom is -0.489 e. The Hall–Kier alpha value is -4.13. The zero-order chi connectivity index (χ0) is 23.6. The quantitative estimate of drug-likeness (QED) is 0.500. The van der Waals surface area contributed by atoms with Crippen LogP contribution in [0.2, 0.25) is 0 Å². The minimum absolute atomic E-state index is 0.109. The highest BCUT2D eigenvalue weighted by Gasteiger charge is 2.17. The second-order valence-electron chi connectivity index (χ2n) is 7.93. The third kappa shape index (κ3) is 6.67. The predicted octanol–water partition coefficient (Wildman–Crippen LogP) is 4.21. The van der Waals surface area contributed by atoms with E-state index in [4.69, 9.17) is 4.74 Å². The highest BCUT2D eigenvalue weighted by atomic mass is 16.5. The molecule has 0 atom stereocenters. The maximum absolute atomic E-state index is 13.4. The molecular weight excluding hydrogens is 412 g/mol. The van der Waals surface area contributed by atoms with Crippen molar-refractivity contribution in [3.8, 4) is 17.9 Å². The summed E-state index contributed by atoms with van der Waals surface area (Å²) in [6.45, 7) is 1.91. The summed E-state index contributed by atoms with van der Waals surface area (Å²) < 4.78 is 5.89. The van der Waals surface area contributed by atoms with Gasteiger partial charge in [-0.2, -0.15) is 10.5 Å². The first-order chi connectivity index (χ1) is 16.0.